The Kier molecular flexibility index (Phi) is 7.12. The van der Waals surface area contributed by atoms with Crippen molar-refractivity contribution in [2.24, 2.45) is 10.9 Å². The van der Waals surface area contributed by atoms with E-state index in [0.29, 0.717) is 24.0 Å². The average molecular weight is 297 g/mol. The Bertz CT molecular complexity index is 473. The monoisotopic (exact) mass is 297 g/mol. The number of rotatable bonds is 6. The summed E-state index contributed by atoms with van der Waals surface area (Å²) in [5.41, 5.74) is 0.501. The first kappa shape index (κ1) is 17.4. The lowest BCUT2D eigenvalue weighted by atomic mass is 10.0. The number of aliphatic imine (C=N–C) groups is 1. The van der Waals surface area contributed by atoms with Gasteiger partial charge in [0, 0.05) is 32.1 Å². The molecule has 2 N–H and O–H groups in total. The molecule has 1 atom stereocenters. The summed E-state index contributed by atoms with van der Waals surface area (Å²) in [7, 11) is 1.70. The van der Waals surface area contributed by atoms with Crippen molar-refractivity contribution >= 4 is 5.96 Å². The number of halogens is 2. The average Bonchev–Trinajstić information content (AvgIpc) is 2.41. The van der Waals surface area contributed by atoms with Gasteiger partial charge in [-0.05, 0) is 24.0 Å². The van der Waals surface area contributed by atoms with Crippen molar-refractivity contribution in [1.82, 2.24) is 10.6 Å². The van der Waals surface area contributed by atoms with Crippen LogP contribution in [0.3, 0.4) is 0 Å². The zero-order chi connectivity index (χ0) is 15.8. The van der Waals surface area contributed by atoms with Crippen LogP contribution >= 0.6 is 0 Å². The Morgan fingerprint density at radius 1 is 1.19 bits per heavy atom. The van der Waals surface area contributed by atoms with Gasteiger partial charge in [-0.15, -0.1) is 0 Å². The van der Waals surface area contributed by atoms with E-state index in [1.807, 2.05) is 6.92 Å². The highest BCUT2D eigenvalue weighted by Crippen LogP contribution is 2.19. The number of nitrogens with zero attached hydrogens (tertiary/aromatic N) is 1. The molecule has 0 heterocycles. The normalized spacial score (nSPS) is 13.4. The number of hydrogen-bond donors (Lipinski definition) is 2. The molecule has 0 saturated carbocycles. The van der Waals surface area contributed by atoms with E-state index in [1.54, 1.807) is 7.05 Å². The van der Waals surface area contributed by atoms with E-state index in [1.165, 1.54) is 12.1 Å². The second-order valence-electron chi connectivity index (χ2n) is 5.63. The van der Waals surface area contributed by atoms with Crippen LogP contribution in [0, 0.1) is 17.6 Å². The van der Waals surface area contributed by atoms with Crippen molar-refractivity contribution in [3.8, 4) is 0 Å². The highest BCUT2D eigenvalue weighted by atomic mass is 19.1. The first-order valence-corrected chi connectivity index (χ1v) is 7.33. The lowest BCUT2D eigenvalue weighted by molar-refractivity contribution is 0.553. The summed E-state index contributed by atoms with van der Waals surface area (Å²) in [6.45, 7) is 7.60. The van der Waals surface area contributed by atoms with Crippen molar-refractivity contribution in [1.29, 1.82) is 0 Å². The number of benzene rings is 1. The van der Waals surface area contributed by atoms with Crippen molar-refractivity contribution in [3.63, 3.8) is 0 Å². The first-order valence-electron chi connectivity index (χ1n) is 7.33. The van der Waals surface area contributed by atoms with Crippen LogP contribution in [-0.2, 0) is 0 Å². The van der Waals surface area contributed by atoms with Gasteiger partial charge in [0.2, 0.25) is 0 Å². The molecule has 0 bridgehead atoms. The Hall–Kier alpha value is -1.65. The minimum Gasteiger partial charge on any atom is -0.356 e. The van der Waals surface area contributed by atoms with Gasteiger partial charge in [-0.1, -0.05) is 26.8 Å². The zero-order valence-corrected chi connectivity index (χ0v) is 13.2. The predicted molar refractivity (Wildman–Crippen MR) is 83.6 cm³/mol. The molecule has 21 heavy (non-hydrogen) atoms. The maximum atomic E-state index is 13.7. The van der Waals surface area contributed by atoms with Gasteiger partial charge in [0.1, 0.15) is 11.6 Å². The topological polar surface area (TPSA) is 36.4 Å². The molecule has 0 aliphatic rings. The van der Waals surface area contributed by atoms with Crippen LogP contribution in [0.5, 0.6) is 0 Å². The summed E-state index contributed by atoms with van der Waals surface area (Å²) < 4.78 is 26.6. The molecule has 0 fully saturated rings. The van der Waals surface area contributed by atoms with Gasteiger partial charge < -0.3 is 10.6 Å². The van der Waals surface area contributed by atoms with E-state index in [2.05, 4.69) is 29.5 Å². The molecule has 0 saturated heterocycles. The SMILES string of the molecule is CN=C(NCCC(C)C)NCC(C)c1ccc(F)cc1F. The second-order valence-corrected chi connectivity index (χ2v) is 5.63. The van der Waals surface area contributed by atoms with E-state index < -0.39 is 11.6 Å². The Labute approximate surface area is 125 Å². The van der Waals surface area contributed by atoms with Crippen LogP contribution in [0.4, 0.5) is 8.78 Å². The molecule has 0 amide bonds. The molecule has 1 unspecified atom stereocenters. The summed E-state index contributed by atoms with van der Waals surface area (Å²) in [5, 5.41) is 6.38. The molecule has 1 aromatic rings. The molecular formula is C16H25F2N3. The standard InChI is InChI=1S/C16H25F2N3/c1-11(2)7-8-20-16(19-4)21-10-12(3)14-6-5-13(17)9-15(14)18/h5-6,9,11-12H,7-8,10H2,1-4H3,(H2,19,20,21). The third-order valence-electron chi connectivity index (χ3n) is 3.31. The lowest BCUT2D eigenvalue weighted by Gasteiger charge is -2.17. The van der Waals surface area contributed by atoms with Gasteiger partial charge in [0.25, 0.3) is 0 Å². The molecule has 0 aromatic heterocycles. The highest BCUT2D eigenvalue weighted by molar-refractivity contribution is 5.79. The van der Waals surface area contributed by atoms with Crippen LogP contribution < -0.4 is 10.6 Å². The van der Waals surface area contributed by atoms with Crippen LogP contribution in [0.25, 0.3) is 0 Å². The fourth-order valence-electron chi connectivity index (χ4n) is 1.96. The quantitative estimate of drug-likeness (QED) is 0.624. The van der Waals surface area contributed by atoms with Crippen molar-refractivity contribution in [3.05, 3.63) is 35.4 Å². The Morgan fingerprint density at radius 2 is 1.90 bits per heavy atom. The third kappa shape index (κ3) is 6.10. The second kappa shape index (κ2) is 8.60. The third-order valence-corrected chi connectivity index (χ3v) is 3.31. The molecule has 118 valence electrons. The zero-order valence-electron chi connectivity index (χ0n) is 13.2. The fourth-order valence-corrected chi connectivity index (χ4v) is 1.96. The molecule has 0 radical (unpaired) electrons. The minimum absolute atomic E-state index is 0.0748. The number of guanidine groups is 1. The molecule has 1 aromatic carbocycles. The van der Waals surface area contributed by atoms with E-state index >= 15 is 0 Å². The van der Waals surface area contributed by atoms with E-state index in [4.69, 9.17) is 0 Å². The van der Waals surface area contributed by atoms with Crippen molar-refractivity contribution in [2.45, 2.75) is 33.1 Å². The summed E-state index contributed by atoms with van der Waals surface area (Å²) in [5.74, 6) is 0.191. The van der Waals surface area contributed by atoms with E-state index in [9.17, 15) is 8.78 Å². The molecular weight excluding hydrogens is 272 g/mol. The van der Waals surface area contributed by atoms with Crippen LogP contribution in [0.1, 0.15) is 38.7 Å². The van der Waals surface area contributed by atoms with E-state index in [0.717, 1.165) is 19.0 Å². The molecule has 1 rings (SSSR count). The predicted octanol–water partition coefficient (Wildman–Crippen LogP) is 3.28. The van der Waals surface area contributed by atoms with Gasteiger partial charge >= 0.3 is 0 Å². The van der Waals surface area contributed by atoms with E-state index in [-0.39, 0.29) is 5.92 Å². The van der Waals surface area contributed by atoms with Crippen LogP contribution in [0.15, 0.2) is 23.2 Å². The smallest absolute Gasteiger partial charge is 0.190 e. The maximum absolute atomic E-state index is 13.7. The largest absolute Gasteiger partial charge is 0.356 e. The number of hydrogen-bond acceptors (Lipinski definition) is 1. The fraction of sp³-hybridized carbons (Fsp3) is 0.562. The lowest BCUT2D eigenvalue weighted by Crippen LogP contribution is -2.39. The van der Waals surface area contributed by atoms with Gasteiger partial charge in [0.15, 0.2) is 5.96 Å². The Balaban J connectivity index is 2.48. The van der Waals surface area contributed by atoms with Gasteiger partial charge in [-0.25, -0.2) is 8.78 Å². The van der Waals surface area contributed by atoms with Gasteiger partial charge in [-0.2, -0.15) is 0 Å². The summed E-state index contributed by atoms with van der Waals surface area (Å²) in [6, 6.07) is 3.69. The van der Waals surface area contributed by atoms with Gasteiger partial charge in [-0.3, -0.25) is 4.99 Å². The summed E-state index contributed by atoms with van der Waals surface area (Å²) >= 11 is 0. The molecule has 0 aliphatic heterocycles. The number of nitrogens with one attached hydrogen (secondary N) is 2. The molecule has 5 heteroatoms. The van der Waals surface area contributed by atoms with Crippen LogP contribution in [0.2, 0.25) is 0 Å². The molecule has 3 nitrogen and oxygen atoms in total. The van der Waals surface area contributed by atoms with Gasteiger partial charge in [0.05, 0.1) is 0 Å². The summed E-state index contributed by atoms with van der Waals surface area (Å²) in [6.07, 6.45) is 1.06. The first-order chi connectivity index (χ1) is 9.93. The minimum atomic E-state index is -0.553. The Morgan fingerprint density at radius 3 is 2.48 bits per heavy atom. The molecule has 0 aliphatic carbocycles. The molecule has 0 spiro atoms. The highest BCUT2D eigenvalue weighted by Gasteiger charge is 2.12. The maximum Gasteiger partial charge on any atom is 0.190 e. The van der Waals surface area contributed by atoms with Crippen molar-refractivity contribution in [2.75, 3.05) is 20.1 Å². The van der Waals surface area contributed by atoms with Crippen molar-refractivity contribution < 1.29 is 8.78 Å². The summed E-state index contributed by atoms with van der Waals surface area (Å²) in [4.78, 5) is 4.13. The van der Waals surface area contributed by atoms with Crippen LogP contribution in [-0.4, -0.2) is 26.1 Å².